The predicted molar refractivity (Wildman–Crippen MR) is 366 cm³/mol. The Morgan fingerprint density at radius 1 is 0.557 bits per heavy atom. The van der Waals surface area contributed by atoms with Gasteiger partial charge in [0.05, 0.1) is 51.8 Å². The lowest BCUT2D eigenvalue weighted by Gasteiger charge is -2.29. The monoisotopic (exact) mass is 1500 g/mol. The maximum atomic E-state index is 14.5. The summed E-state index contributed by atoms with van der Waals surface area (Å²) in [5.41, 5.74) is 12.4. The van der Waals surface area contributed by atoms with Crippen LogP contribution >= 0.6 is 0 Å². The van der Waals surface area contributed by atoms with Gasteiger partial charge in [0.2, 0.25) is 82.7 Å². The lowest BCUT2D eigenvalue weighted by molar-refractivity contribution is -0.156. The van der Waals surface area contributed by atoms with Crippen LogP contribution in [-0.2, 0) is 102 Å². The van der Waals surface area contributed by atoms with Gasteiger partial charge in [-0.2, -0.15) is 0 Å². The molecule has 1 saturated heterocycles. The van der Waals surface area contributed by atoms with E-state index in [1.807, 2.05) is 16.0 Å². The minimum absolute atomic E-state index is 0.00417. The van der Waals surface area contributed by atoms with Crippen molar-refractivity contribution in [3.63, 3.8) is 0 Å². The zero-order valence-electron chi connectivity index (χ0n) is 59.1. The molecule has 1 fully saturated rings. The third kappa shape index (κ3) is 31.3. The minimum Gasteiger partial charge on any atom is -0.481 e. The molecule has 1 aromatic heterocycles. The number of nitrogens with one attached hydrogen (secondary N) is 14. The number of carbonyl (C=O) groups is 19. The average Bonchev–Trinajstić information content (AvgIpc) is 1.70. The summed E-state index contributed by atoms with van der Waals surface area (Å²) in [6.07, 6.45) is -0.477. The van der Waals surface area contributed by atoms with Gasteiger partial charge in [-0.25, -0.2) is 4.79 Å². The van der Waals surface area contributed by atoms with Gasteiger partial charge in [0.1, 0.15) is 72.6 Å². The summed E-state index contributed by atoms with van der Waals surface area (Å²) < 4.78 is 5.50. The van der Waals surface area contributed by atoms with Gasteiger partial charge in [0.25, 0.3) is 0 Å². The van der Waals surface area contributed by atoms with E-state index < -0.39 is 243 Å². The molecule has 41 heteroatoms. The number of rotatable bonds is 32. The van der Waals surface area contributed by atoms with Crippen LogP contribution in [0, 0.1) is 5.92 Å². The Kier molecular flexibility index (Phi) is 37.7. The molecular weight excluding hydrogens is 1400 g/mol. The summed E-state index contributed by atoms with van der Waals surface area (Å²) in [4.78, 5) is 257. The van der Waals surface area contributed by atoms with Crippen molar-refractivity contribution in [2.24, 2.45) is 17.4 Å². The van der Waals surface area contributed by atoms with E-state index in [4.69, 9.17) is 16.2 Å². The number of carbonyl (C=O) groups excluding carboxylic acids is 15. The standard InChI is InChI=1S/C65H96N16O25/c1-6-7-8-9-10-11-12-19-46(84)74-39(22-35-27-68-37-17-14-13-16-36(35)37)59(99)77-40(23-45(67)83)60(100)79-43(26-52(93)94)61(101)81-54-34(5)106-65(105)33(4)72-64(104)53(31(2)21-49(87)88)80-62(102)44(30-82)75-48(86)28-69-56(96)41(24-50(89)90)76-55(95)32(3)71-58(98)42(25-51(91)92)78-57(97)38(18-15-20-66)73-47(85)29-70-63(54)103/h13-14,16-17,27,31-34,38-44,53-54,68,82H,6-12,15,18-26,28-30,66H2,1-5H3,(H2,67,83)(H,69,96)(H,70,103)(H,71,98)(H,72,104)(H,73,85)(H,74,84)(H,75,86)(H,76,95)(H,77,99)(H,78,97)(H,79,100)(H,80,102)(H,81,101)(H,87,88)(H,89,90)(H,91,92)(H,93,94)/t31-,32+,33-,34+,38-,39-,40-,41-,42-,43-,44+,53-,54-/m0/s1. The Bertz CT molecular complexity index is 3510. The van der Waals surface area contributed by atoms with E-state index in [1.165, 1.54) is 0 Å². The van der Waals surface area contributed by atoms with Crippen molar-refractivity contribution in [2.45, 2.75) is 210 Å². The molecule has 106 heavy (non-hydrogen) atoms. The first-order valence-electron chi connectivity index (χ1n) is 34.1. The molecule has 0 bridgehead atoms. The number of aliphatic hydroxyl groups excluding tert-OH is 1. The highest BCUT2D eigenvalue weighted by atomic mass is 16.5. The van der Waals surface area contributed by atoms with Crippen LogP contribution in [0.3, 0.4) is 0 Å². The van der Waals surface area contributed by atoms with Gasteiger partial charge in [-0.1, -0.05) is 70.6 Å². The number of carboxylic acids is 4. The summed E-state index contributed by atoms with van der Waals surface area (Å²) in [6.45, 7) is 2.45. The Morgan fingerprint density at radius 2 is 1.08 bits per heavy atom. The van der Waals surface area contributed by atoms with Crippen LogP contribution in [0.2, 0.25) is 0 Å². The van der Waals surface area contributed by atoms with E-state index in [0.29, 0.717) is 29.3 Å². The van der Waals surface area contributed by atoms with E-state index in [9.17, 15) is 117 Å². The maximum absolute atomic E-state index is 14.5. The number of aliphatic hydroxyl groups is 1. The number of esters is 1. The number of benzene rings is 1. The van der Waals surface area contributed by atoms with Crippen LogP contribution in [0.15, 0.2) is 30.5 Å². The van der Waals surface area contributed by atoms with E-state index in [1.54, 1.807) is 30.5 Å². The molecule has 41 nitrogen and oxygen atoms in total. The molecule has 0 radical (unpaired) electrons. The van der Waals surface area contributed by atoms with Crippen molar-refractivity contribution < 1.29 is 121 Å². The number of carboxylic acid groups (broad SMARTS) is 4. The molecule has 2 heterocycles. The van der Waals surface area contributed by atoms with Crippen molar-refractivity contribution in [1.82, 2.24) is 74.1 Å². The molecule has 0 saturated carbocycles. The maximum Gasteiger partial charge on any atom is 0.328 e. The molecule has 0 aliphatic carbocycles. The van der Waals surface area contributed by atoms with E-state index in [2.05, 4.69) is 65.1 Å². The third-order valence-electron chi connectivity index (χ3n) is 16.3. The number of primary amides is 1. The Hall–Kier alpha value is -11.4. The zero-order chi connectivity index (χ0) is 79.5. The van der Waals surface area contributed by atoms with Crippen molar-refractivity contribution in [3.05, 3.63) is 36.0 Å². The summed E-state index contributed by atoms with van der Waals surface area (Å²) in [7, 11) is 0. The van der Waals surface area contributed by atoms with Gasteiger partial charge >= 0.3 is 29.8 Å². The highest BCUT2D eigenvalue weighted by Crippen LogP contribution is 2.20. The predicted octanol–water partition coefficient (Wildman–Crippen LogP) is -6.46. The number of H-pyrrole nitrogens is 1. The Balaban J connectivity index is 2.14. The number of para-hydroxylation sites is 1. The number of unbranched alkanes of at least 4 members (excludes halogenated alkanes) is 6. The molecule has 3 rings (SSSR count). The number of cyclic esters (lactones) is 1. The second-order valence-corrected chi connectivity index (χ2v) is 25.2. The summed E-state index contributed by atoms with van der Waals surface area (Å²) in [6, 6.07) is -14.5. The smallest absolute Gasteiger partial charge is 0.328 e. The summed E-state index contributed by atoms with van der Waals surface area (Å²) >= 11 is 0. The van der Waals surface area contributed by atoms with Gasteiger partial charge in [0, 0.05) is 29.9 Å². The fourth-order valence-corrected chi connectivity index (χ4v) is 10.6. The molecule has 1 aliphatic heterocycles. The lowest BCUT2D eigenvalue weighted by atomic mass is 9.96. The molecule has 1 aromatic carbocycles. The molecule has 0 spiro atoms. The highest BCUT2D eigenvalue weighted by Gasteiger charge is 2.40. The quantitative estimate of drug-likeness (QED) is 0.0239. The average molecular weight is 1500 g/mol. The third-order valence-corrected chi connectivity index (χ3v) is 16.3. The van der Waals surface area contributed by atoms with Gasteiger partial charge in [-0.3, -0.25) is 86.3 Å². The van der Waals surface area contributed by atoms with Gasteiger partial charge in [0.15, 0.2) is 0 Å². The van der Waals surface area contributed by atoms with Crippen LogP contribution in [-0.4, -0.2) is 242 Å². The normalized spacial score (nSPS) is 22.0. The van der Waals surface area contributed by atoms with Crippen molar-refractivity contribution in [2.75, 3.05) is 26.2 Å². The number of aromatic amines is 1. The largest absolute Gasteiger partial charge is 0.481 e. The van der Waals surface area contributed by atoms with E-state index >= 15 is 0 Å². The number of fused-ring (bicyclic) bond motifs is 1. The number of hydrogen-bond donors (Lipinski definition) is 21. The Morgan fingerprint density at radius 3 is 1.67 bits per heavy atom. The van der Waals surface area contributed by atoms with Crippen LogP contribution < -0.4 is 80.6 Å². The van der Waals surface area contributed by atoms with Gasteiger partial charge < -0.3 is 116 Å². The first kappa shape index (κ1) is 88.8. The molecular formula is C65H96N16O25. The molecule has 2 aromatic rings. The topological polar surface area (TPSA) is 659 Å². The summed E-state index contributed by atoms with van der Waals surface area (Å²) in [5.74, 6) is -27.4. The van der Waals surface area contributed by atoms with Crippen LogP contribution in [0.25, 0.3) is 10.9 Å². The molecule has 23 N–H and O–H groups in total. The number of amides is 14. The molecule has 0 unspecified atom stereocenters. The second kappa shape index (κ2) is 45.0. The molecule has 586 valence electrons. The first-order chi connectivity index (χ1) is 50.0. The zero-order valence-corrected chi connectivity index (χ0v) is 59.1. The number of nitrogens with two attached hydrogens (primary N) is 2. The van der Waals surface area contributed by atoms with Crippen molar-refractivity contribution >= 4 is 123 Å². The van der Waals surface area contributed by atoms with Gasteiger partial charge in [-0.15, -0.1) is 0 Å². The highest BCUT2D eigenvalue weighted by molar-refractivity contribution is 6.02. The van der Waals surface area contributed by atoms with Crippen LogP contribution in [0.4, 0.5) is 0 Å². The second-order valence-electron chi connectivity index (χ2n) is 25.2. The minimum atomic E-state index is -2.30. The molecule has 1 aliphatic rings. The van der Waals surface area contributed by atoms with Gasteiger partial charge in [-0.05, 0) is 64.1 Å². The number of aromatic nitrogens is 1. The number of ether oxygens (including phenoxy) is 1. The first-order valence-corrected chi connectivity index (χ1v) is 34.1. The van der Waals surface area contributed by atoms with E-state index in [0.717, 1.165) is 59.8 Å². The van der Waals surface area contributed by atoms with Crippen molar-refractivity contribution in [3.8, 4) is 0 Å². The van der Waals surface area contributed by atoms with E-state index in [-0.39, 0.29) is 32.2 Å². The summed E-state index contributed by atoms with van der Waals surface area (Å²) in [5, 5.41) is 78.1. The SMILES string of the molecule is CCCCCCCCCC(=O)N[C@@H](Cc1c[nH]c2ccccc12)C(=O)N[C@@H](CC(N)=O)C(=O)N[C@@H](CC(=O)O)C(=O)N[C@@H]1C(=O)NCC(=O)N[C@@H](CCCN)C(=O)N[C@@H](CC(=O)O)C(=O)N[C@H](C)C(=O)N[C@@H](CC(=O)O)C(=O)NCC(=O)N[C@H](CO)C(=O)N[C@@H]([C@@H](C)CC(=O)O)C(=O)N[C@@H](C)C(=O)O[C@@H]1C. The fourth-order valence-electron chi connectivity index (χ4n) is 10.6. The van der Waals surface area contributed by atoms with Crippen LogP contribution in [0.5, 0.6) is 0 Å². The number of hydrogen-bond acceptors (Lipinski definition) is 22. The van der Waals surface area contributed by atoms with Crippen LogP contribution in [0.1, 0.15) is 136 Å². The number of aliphatic carboxylic acids is 4. The van der Waals surface area contributed by atoms with Crippen molar-refractivity contribution in [1.29, 1.82) is 0 Å². The molecule has 14 amide bonds. The fraction of sp³-hybridized carbons (Fsp3) is 0.585. The Labute approximate surface area is 606 Å². The molecule has 13 atom stereocenters. The lowest BCUT2D eigenvalue weighted by Crippen LogP contribution is -2.61.